The maximum atomic E-state index is 12.0. The Balaban J connectivity index is 1.69. The summed E-state index contributed by atoms with van der Waals surface area (Å²) in [6, 6.07) is 7.36. The average molecular weight is 366 g/mol. The molecule has 1 aliphatic rings. The van der Waals surface area contributed by atoms with Gasteiger partial charge < -0.3 is 10.6 Å². The van der Waals surface area contributed by atoms with Crippen LogP contribution in [0.25, 0.3) is 11.3 Å². The van der Waals surface area contributed by atoms with Gasteiger partial charge in [0.1, 0.15) is 6.04 Å². The summed E-state index contributed by atoms with van der Waals surface area (Å²) in [6.45, 7) is 0. The molecule has 0 unspecified atom stereocenters. The normalized spacial score (nSPS) is 17.6. The third-order valence-electron chi connectivity index (χ3n) is 3.19. The number of hydrogen-bond acceptors (Lipinski definition) is 4. The number of halogens is 1. The van der Waals surface area contributed by atoms with Crippen LogP contribution in [0.2, 0.25) is 0 Å². The highest BCUT2D eigenvalue weighted by Gasteiger charge is 2.27. The van der Waals surface area contributed by atoms with Gasteiger partial charge >= 0.3 is 0 Å². The van der Waals surface area contributed by atoms with Gasteiger partial charge in [-0.3, -0.25) is 9.59 Å². The lowest BCUT2D eigenvalue weighted by molar-refractivity contribution is -0.122. The molecule has 7 heteroatoms. The number of carbonyl (C=O) groups is 2. The number of amides is 2. The summed E-state index contributed by atoms with van der Waals surface area (Å²) < 4.78 is 1.01. The van der Waals surface area contributed by atoms with Crippen LogP contribution >= 0.6 is 27.3 Å². The molecule has 1 aromatic heterocycles. The van der Waals surface area contributed by atoms with Crippen molar-refractivity contribution in [2.75, 3.05) is 5.32 Å². The molecule has 0 radical (unpaired) electrons. The number of aromatic nitrogens is 1. The van der Waals surface area contributed by atoms with Crippen LogP contribution in [0.3, 0.4) is 0 Å². The summed E-state index contributed by atoms with van der Waals surface area (Å²) in [5.41, 5.74) is 1.81. The highest BCUT2D eigenvalue weighted by molar-refractivity contribution is 9.10. The van der Waals surface area contributed by atoms with Gasteiger partial charge in [-0.25, -0.2) is 4.98 Å². The Labute approximate surface area is 133 Å². The summed E-state index contributed by atoms with van der Waals surface area (Å²) in [6.07, 6.45) is 0.940. The fourth-order valence-corrected chi connectivity index (χ4v) is 3.07. The highest BCUT2D eigenvalue weighted by atomic mass is 79.9. The molecule has 2 amide bonds. The predicted octanol–water partition coefficient (Wildman–Crippen LogP) is 2.79. The van der Waals surface area contributed by atoms with Gasteiger partial charge in [0, 0.05) is 21.8 Å². The SMILES string of the molecule is O=C1CC[C@@H](C(=O)Nc2nc(-c3ccc(Br)cc3)cs2)N1. The number of benzene rings is 1. The van der Waals surface area contributed by atoms with E-state index in [-0.39, 0.29) is 11.8 Å². The lowest BCUT2D eigenvalue weighted by Gasteiger charge is -2.08. The van der Waals surface area contributed by atoms with Gasteiger partial charge in [-0.15, -0.1) is 11.3 Å². The molecular weight excluding hydrogens is 354 g/mol. The van der Waals surface area contributed by atoms with E-state index < -0.39 is 6.04 Å². The zero-order chi connectivity index (χ0) is 14.8. The third kappa shape index (κ3) is 3.30. The zero-order valence-corrected chi connectivity index (χ0v) is 13.3. The molecule has 0 bridgehead atoms. The molecule has 0 spiro atoms. The van der Waals surface area contributed by atoms with Crippen LogP contribution in [0.1, 0.15) is 12.8 Å². The van der Waals surface area contributed by atoms with Crippen LogP contribution in [-0.4, -0.2) is 22.8 Å². The Morgan fingerprint density at radius 3 is 2.81 bits per heavy atom. The first kappa shape index (κ1) is 14.2. The molecule has 0 aliphatic carbocycles. The molecule has 1 fully saturated rings. The molecule has 1 saturated heterocycles. The highest BCUT2D eigenvalue weighted by Crippen LogP contribution is 2.26. The largest absolute Gasteiger partial charge is 0.344 e. The molecule has 1 atom stereocenters. The second-order valence-corrected chi connectivity index (χ2v) is 6.47. The van der Waals surface area contributed by atoms with E-state index in [0.29, 0.717) is 18.0 Å². The van der Waals surface area contributed by atoms with Gasteiger partial charge in [-0.1, -0.05) is 28.1 Å². The molecule has 1 aliphatic heterocycles. The molecule has 21 heavy (non-hydrogen) atoms. The Morgan fingerprint density at radius 1 is 1.38 bits per heavy atom. The van der Waals surface area contributed by atoms with Gasteiger partial charge in [-0.2, -0.15) is 0 Å². The number of rotatable bonds is 3. The Kier molecular flexibility index (Phi) is 4.03. The van der Waals surface area contributed by atoms with E-state index in [9.17, 15) is 9.59 Å². The maximum Gasteiger partial charge on any atom is 0.248 e. The standard InChI is InChI=1S/C14H12BrN3O2S/c15-9-3-1-8(2-4-9)11-7-21-14(17-11)18-13(20)10-5-6-12(19)16-10/h1-4,7,10H,5-6H2,(H,16,19)(H,17,18,20)/t10-/m0/s1. The summed E-state index contributed by atoms with van der Waals surface area (Å²) in [4.78, 5) is 27.5. The summed E-state index contributed by atoms with van der Waals surface area (Å²) >= 11 is 4.76. The Hall–Kier alpha value is -1.73. The number of nitrogens with one attached hydrogen (secondary N) is 2. The van der Waals surface area contributed by atoms with E-state index in [2.05, 4.69) is 31.5 Å². The van der Waals surface area contributed by atoms with E-state index >= 15 is 0 Å². The van der Waals surface area contributed by atoms with Crippen molar-refractivity contribution in [2.45, 2.75) is 18.9 Å². The molecule has 108 valence electrons. The van der Waals surface area contributed by atoms with Crippen molar-refractivity contribution in [3.05, 3.63) is 34.1 Å². The molecular formula is C14H12BrN3O2S. The van der Waals surface area contributed by atoms with Crippen molar-refractivity contribution in [1.29, 1.82) is 0 Å². The first-order valence-electron chi connectivity index (χ1n) is 6.43. The number of hydrogen-bond donors (Lipinski definition) is 2. The van der Waals surface area contributed by atoms with Crippen molar-refractivity contribution >= 4 is 44.2 Å². The van der Waals surface area contributed by atoms with Crippen molar-refractivity contribution in [3.8, 4) is 11.3 Å². The van der Waals surface area contributed by atoms with Gasteiger partial charge in [0.05, 0.1) is 5.69 Å². The molecule has 3 rings (SSSR count). The average Bonchev–Trinajstić information content (AvgIpc) is 3.09. The lowest BCUT2D eigenvalue weighted by atomic mass is 10.2. The lowest BCUT2D eigenvalue weighted by Crippen LogP contribution is -2.37. The van der Waals surface area contributed by atoms with Gasteiger partial charge in [-0.05, 0) is 18.6 Å². The fourth-order valence-electron chi connectivity index (χ4n) is 2.09. The quantitative estimate of drug-likeness (QED) is 0.878. The molecule has 1 aromatic carbocycles. The van der Waals surface area contributed by atoms with Gasteiger partial charge in [0.25, 0.3) is 0 Å². The van der Waals surface area contributed by atoms with Crippen LogP contribution in [0, 0.1) is 0 Å². The van der Waals surface area contributed by atoms with Crippen molar-refractivity contribution < 1.29 is 9.59 Å². The van der Waals surface area contributed by atoms with Crippen LogP contribution in [0.5, 0.6) is 0 Å². The third-order valence-corrected chi connectivity index (χ3v) is 4.47. The Bertz CT molecular complexity index is 684. The zero-order valence-electron chi connectivity index (χ0n) is 10.9. The summed E-state index contributed by atoms with van der Waals surface area (Å²) in [5, 5.41) is 7.83. The van der Waals surface area contributed by atoms with Gasteiger partial charge in [0.15, 0.2) is 5.13 Å². The number of anilines is 1. The van der Waals surface area contributed by atoms with E-state index in [1.165, 1.54) is 11.3 Å². The molecule has 0 saturated carbocycles. The van der Waals surface area contributed by atoms with Gasteiger partial charge in [0.2, 0.25) is 11.8 Å². The number of carbonyl (C=O) groups excluding carboxylic acids is 2. The Morgan fingerprint density at radius 2 is 2.14 bits per heavy atom. The summed E-state index contributed by atoms with van der Waals surface area (Å²) in [5.74, 6) is -0.289. The second-order valence-electron chi connectivity index (χ2n) is 4.69. The minimum Gasteiger partial charge on any atom is -0.344 e. The van der Waals surface area contributed by atoms with Crippen molar-refractivity contribution in [2.24, 2.45) is 0 Å². The first-order valence-corrected chi connectivity index (χ1v) is 8.11. The summed E-state index contributed by atoms with van der Waals surface area (Å²) in [7, 11) is 0. The topological polar surface area (TPSA) is 71.1 Å². The second kappa shape index (κ2) is 5.95. The fraction of sp³-hybridized carbons (Fsp3) is 0.214. The van der Waals surface area contributed by atoms with Crippen LogP contribution < -0.4 is 10.6 Å². The predicted molar refractivity (Wildman–Crippen MR) is 85.0 cm³/mol. The van der Waals surface area contributed by atoms with Crippen LogP contribution in [-0.2, 0) is 9.59 Å². The molecule has 2 heterocycles. The number of nitrogens with zero attached hydrogens (tertiary/aromatic N) is 1. The molecule has 2 aromatic rings. The minimum absolute atomic E-state index is 0.0789. The van der Waals surface area contributed by atoms with E-state index in [0.717, 1.165) is 15.7 Å². The van der Waals surface area contributed by atoms with Crippen molar-refractivity contribution in [3.63, 3.8) is 0 Å². The first-order chi connectivity index (χ1) is 10.1. The van der Waals surface area contributed by atoms with Crippen molar-refractivity contribution in [1.82, 2.24) is 10.3 Å². The monoisotopic (exact) mass is 365 g/mol. The van der Waals surface area contributed by atoms with E-state index in [1.807, 2.05) is 29.6 Å². The minimum atomic E-state index is -0.447. The smallest absolute Gasteiger partial charge is 0.248 e. The van der Waals surface area contributed by atoms with E-state index in [1.54, 1.807) is 0 Å². The van der Waals surface area contributed by atoms with Crippen LogP contribution in [0.15, 0.2) is 34.1 Å². The molecule has 5 nitrogen and oxygen atoms in total. The molecule has 2 N–H and O–H groups in total. The number of thiazole rings is 1. The van der Waals surface area contributed by atoms with Crippen LogP contribution in [0.4, 0.5) is 5.13 Å². The maximum absolute atomic E-state index is 12.0. The van der Waals surface area contributed by atoms with E-state index in [4.69, 9.17) is 0 Å².